The Morgan fingerprint density at radius 2 is 2.11 bits per heavy atom. The van der Waals surface area contributed by atoms with E-state index in [2.05, 4.69) is 15.5 Å². The molecule has 9 nitrogen and oxygen atoms in total. The first-order valence-corrected chi connectivity index (χ1v) is 10.5. The summed E-state index contributed by atoms with van der Waals surface area (Å²) in [4.78, 5) is 12.8. The van der Waals surface area contributed by atoms with Crippen molar-refractivity contribution in [3.05, 3.63) is 29.8 Å². The first-order chi connectivity index (χ1) is 12.8. The smallest absolute Gasteiger partial charge is 0.246 e. The average Bonchev–Trinajstić information content (AvgIpc) is 3.27. The molecule has 1 atom stereocenters. The van der Waals surface area contributed by atoms with Crippen molar-refractivity contribution in [2.45, 2.75) is 44.7 Å². The van der Waals surface area contributed by atoms with Gasteiger partial charge in [0.05, 0.1) is 24.0 Å². The zero-order valence-corrected chi connectivity index (χ0v) is 16.7. The third-order valence-corrected chi connectivity index (χ3v) is 7.01. The summed E-state index contributed by atoms with van der Waals surface area (Å²) in [7, 11) is -1.94. The highest BCUT2D eigenvalue weighted by atomic mass is 32.2. The molecule has 1 aliphatic rings. The molecule has 0 saturated carbocycles. The Morgan fingerprint density at radius 1 is 1.33 bits per heavy atom. The van der Waals surface area contributed by atoms with Crippen molar-refractivity contribution in [3.63, 3.8) is 0 Å². The lowest BCUT2D eigenvalue weighted by molar-refractivity contribution is -0.126. The van der Waals surface area contributed by atoms with E-state index in [-0.39, 0.29) is 23.3 Å². The van der Waals surface area contributed by atoms with E-state index >= 15 is 0 Å². The maximum absolute atomic E-state index is 12.9. The van der Waals surface area contributed by atoms with Crippen molar-refractivity contribution >= 4 is 15.9 Å². The summed E-state index contributed by atoms with van der Waals surface area (Å²) in [6.45, 7) is 5.50. The molecule has 27 heavy (non-hydrogen) atoms. The topological polar surface area (TPSA) is 102 Å². The quantitative estimate of drug-likeness (QED) is 0.776. The van der Waals surface area contributed by atoms with Crippen LogP contribution in [0, 0.1) is 12.8 Å². The van der Waals surface area contributed by atoms with Crippen molar-refractivity contribution in [3.8, 4) is 0 Å². The van der Waals surface area contributed by atoms with Gasteiger partial charge in [0.1, 0.15) is 4.90 Å². The molecule has 1 fully saturated rings. The van der Waals surface area contributed by atoms with Crippen LogP contribution in [0.4, 0.5) is 0 Å². The van der Waals surface area contributed by atoms with Crippen LogP contribution in [0.1, 0.15) is 31.0 Å². The van der Waals surface area contributed by atoms with Gasteiger partial charge in [0.2, 0.25) is 15.9 Å². The molecule has 0 bridgehead atoms. The van der Waals surface area contributed by atoms with E-state index in [9.17, 15) is 13.2 Å². The number of amides is 1. The lowest BCUT2D eigenvalue weighted by Crippen LogP contribution is -2.45. The number of rotatable bonds is 6. The highest BCUT2D eigenvalue weighted by molar-refractivity contribution is 7.89. The molecule has 10 heteroatoms. The Morgan fingerprint density at radius 3 is 2.74 bits per heavy atom. The number of aryl methyl sites for hydroxylation is 2. The summed E-state index contributed by atoms with van der Waals surface area (Å²) >= 11 is 0. The van der Waals surface area contributed by atoms with E-state index < -0.39 is 10.0 Å². The molecule has 0 radical (unpaired) electrons. The third kappa shape index (κ3) is 4.06. The number of carbonyl (C=O) groups excluding carboxylic acids is 1. The standard InChI is InChI=1S/C17H26N6O3S/c1-4-22-11-14(9-20-22)8-18-17(24)15-6-5-7-23(12-15)27(25,26)16-10-19-21(3)13(16)2/h9-11,15H,4-8,12H2,1-3H3,(H,18,24). The Balaban J connectivity index is 1.64. The molecular weight excluding hydrogens is 368 g/mol. The second-order valence-electron chi connectivity index (χ2n) is 6.84. The van der Waals surface area contributed by atoms with Gasteiger partial charge in [-0.2, -0.15) is 14.5 Å². The molecule has 0 spiro atoms. The van der Waals surface area contributed by atoms with E-state index in [1.807, 2.05) is 13.1 Å². The van der Waals surface area contributed by atoms with E-state index in [0.29, 0.717) is 31.6 Å². The normalized spacial score (nSPS) is 18.6. The molecule has 3 rings (SSSR count). The number of aromatic nitrogens is 4. The molecule has 0 aromatic carbocycles. The maximum Gasteiger partial charge on any atom is 0.246 e. The van der Waals surface area contributed by atoms with Crippen LogP contribution in [0.5, 0.6) is 0 Å². The number of hydrogen-bond acceptors (Lipinski definition) is 5. The van der Waals surface area contributed by atoms with Gasteiger partial charge in [-0.25, -0.2) is 8.42 Å². The van der Waals surface area contributed by atoms with Crippen LogP contribution < -0.4 is 5.32 Å². The molecule has 1 unspecified atom stereocenters. The molecule has 2 aromatic heterocycles. The first kappa shape index (κ1) is 19.6. The van der Waals surface area contributed by atoms with Crippen molar-refractivity contribution in [2.75, 3.05) is 13.1 Å². The van der Waals surface area contributed by atoms with Crippen molar-refractivity contribution in [1.29, 1.82) is 0 Å². The number of sulfonamides is 1. The van der Waals surface area contributed by atoms with Gasteiger partial charge in [0.25, 0.3) is 0 Å². The van der Waals surface area contributed by atoms with Gasteiger partial charge in [0, 0.05) is 45.0 Å². The highest BCUT2D eigenvalue weighted by Crippen LogP contribution is 2.25. The van der Waals surface area contributed by atoms with E-state index in [0.717, 1.165) is 12.1 Å². The van der Waals surface area contributed by atoms with Gasteiger partial charge in [0.15, 0.2) is 0 Å². The Kier molecular flexibility index (Phi) is 5.66. The summed E-state index contributed by atoms with van der Waals surface area (Å²) in [6.07, 6.45) is 6.33. The molecule has 1 amide bonds. The number of carbonyl (C=O) groups is 1. The molecule has 1 N–H and O–H groups in total. The zero-order chi connectivity index (χ0) is 19.6. The van der Waals surface area contributed by atoms with Crippen molar-refractivity contribution in [2.24, 2.45) is 13.0 Å². The van der Waals surface area contributed by atoms with Crippen LogP contribution in [0.3, 0.4) is 0 Å². The summed E-state index contributed by atoms with van der Waals surface area (Å²) in [5.74, 6) is -0.478. The van der Waals surface area contributed by atoms with E-state index in [4.69, 9.17) is 0 Å². The minimum Gasteiger partial charge on any atom is -0.352 e. The van der Waals surface area contributed by atoms with Gasteiger partial charge in [-0.1, -0.05) is 0 Å². The molecule has 3 heterocycles. The van der Waals surface area contributed by atoms with Crippen LogP contribution in [0.2, 0.25) is 0 Å². The SMILES string of the molecule is CCn1cc(CNC(=O)C2CCCN(S(=O)(=O)c3cnn(C)c3C)C2)cn1. The predicted octanol–water partition coefficient (Wildman–Crippen LogP) is 0.662. The summed E-state index contributed by atoms with van der Waals surface area (Å²) in [6, 6.07) is 0. The van der Waals surface area contributed by atoms with Gasteiger partial charge in [-0.05, 0) is 26.7 Å². The molecule has 0 aliphatic carbocycles. The van der Waals surface area contributed by atoms with Gasteiger partial charge < -0.3 is 5.32 Å². The minimum absolute atomic E-state index is 0.123. The predicted molar refractivity (Wildman–Crippen MR) is 99.2 cm³/mol. The van der Waals surface area contributed by atoms with Crippen LogP contribution in [0.25, 0.3) is 0 Å². The summed E-state index contributed by atoms with van der Waals surface area (Å²) in [5.41, 5.74) is 1.52. The number of piperidine rings is 1. The Hall–Kier alpha value is -2.20. The Labute approximate surface area is 159 Å². The Bertz CT molecular complexity index is 917. The first-order valence-electron chi connectivity index (χ1n) is 9.10. The summed E-state index contributed by atoms with van der Waals surface area (Å²) < 4.78 is 30.6. The van der Waals surface area contributed by atoms with Gasteiger partial charge in [-0.3, -0.25) is 14.2 Å². The maximum atomic E-state index is 12.9. The van der Waals surface area contributed by atoms with Gasteiger partial charge >= 0.3 is 0 Å². The van der Waals surface area contributed by atoms with Crippen LogP contribution in [0.15, 0.2) is 23.5 Å². The average molecular weight is 395 g/mol. The largest absolute Gasteiger partial charge is 0.352 e. The molecule has 2 aromatic rings. The monoisotopic (exact) mass is 394 g/mol. The fraction of sp³-hybridized carbons (Fsp3) is 0.588. The van der Waals surface area contributed by atoms with Crippen LogP contribution in [-0.4, -0.2) is 51.3 Å². The number of nitrogens with one attached hydrogen (secondary N) is 1. The van der Waals surface area contributed by atoms with E-state index in [1.54, 1.807) is 24.9 Å². The number of nitrogens with zero attached hydrogens (tertiary/aromatic N) is 5. The minimum atomic E-state index is -3.65. The molecular formula is C17H26N6O3S. The van der Waals surface area contributed by atoms with Gasteiger partial charge in [-0.15, -0.1) is 0 Å². The fourth-order valence-corrected chi connectivity index (χ4v) is 4.96. The van der Waals surface area contributed by atoms with E-state index in [1.165, 1.54) is 15.2 Å². The fourth-order valence-electron chi connectivity index (χ4n) is 3.25. The third-order valence-electron chi connectivity index (χ3n) is 5.04. The highest BCUT2D eigenvalue weighted by Gasteiger charge is 2.34. The molecule has 148 valence electrons. The molecule has 1 aliphatic heterocycles. The summed E-state index contributed by atoms with van der Waals surface area (Å²) in [5, 5.41) is 11.1. The van der Waals surface area contributed by atoms with Crippen LogP contribution in [-0.2, 0) is 35.0 Å². The lowest BCUT2D eigenvalue weighted by atomic mass is 9.99. The van der Waals surface area contributed by atoms with Crippen molar-refractivity contribution < 1.29 is 13.2 Å². The lowest BCUT2D eigenvalue weighted by Gasteiger charge is -2.31. The zero-order valence-electron chi connectivity index (χ0n) is 15.9. The van der Waals surface area contributed by atoms with Crippen LogP contribution >= 0.6 is 0 Å². The molecule has 1 saturated heterocycles. The second kappa shape index (κ2) is 7.81. The second-order valence-corrected chi connectivity index (χ2v) is 8.75. The van der Waals surface area contributed by atoms with Crippen molar-refractivity contribution in [1.82, 2.24) is 29.2 Å². The number of hydrogen-bond donors (Lipinski definition) is 1.